The summed E-state index contributed by atoms with van der Waals surface area (Å²) in [5.41, 5.74) is 2.91. The van der Waals surface area contributed by atoms with Crippen LogP contribution in [0.4, 0.5) is 0 Å². The second kappa shape index (κ2) is 5.36. The van der Waals surface area contributed by atoms with E-state index < -0.39 is 0 Å². The van der Waals surface area contributed by atoms with E-state index in [1.807, 2.05) is 32.0 Å². The maximum absolute atomic E-state index is 12.4. The van der Waals surface area contributed by atoms with Gasteiger partial charge in [0.05, 0.1) is 0 Å². The number of carbonyl (C=O) groups excluding carboxylic acids is 1. The molecule has 0 atom stereocenters. The van der Waals surface area contributed by atoms with Crippen LogP contribution < -0.4 is 5.32 Å². The van der Waals surface area contributed by atoms with Crippen LogP contribution in [0.3, 0.4) is 0 Å². The second-order valence-electron chi connectivity index (χ2n) is 7.39. The molecule has 0 bridgehead atoms. The Morgan fingerprint density at radius 1 is 1.11 bits per heavy atom. The van der Waals surface area contributed by atoms with E-state index in [4.69, 9.17) is 0 Å². The van der Waals surface area contributed by atoms with E-state index in [-0.39, 0.29) is 16.9 Å². The summed E-state index contributed by atoms with van der Waals surface area (Å²) >= 11 is 0. The van der Waals surface area contributed by atoms with Crippen LogP contribution in [0.25, 0.3) is 0 Å². The molecule has 1 aromatic rings. The van der Waals surface area contributed by atoms with Crippen molar-refractivity contribution in [2.75, 3.05) is 0 Å². The van der Waals surface area contributed by atoms with Gasteiger partial charge in [0.2, 0.25) is 0 Å². The standard InChI is InChI=1S/C17H27NO/c1-12-8-9-13(2)14(10-12)15(19)18-17(6,7)11-16(3,4)5/h8-10H,11H2,1-7H3,(H,18,19). The minimum absolute atomic E-state index is 0.0236. The predicted molar refractivity (Wildman–Crippen MR) is 81.5 cm³/mol. The van der Waals surface area contributed by atoms with Gasteiger partial charge in [0, 0.05) is 11.1 Å². The Kier molecular flexibility index (Phi) is 4.44. The summed E-state index contributed by atoms with van der Waals surface area (Å²) in [5, 5.41) is 3.16. The Balaban J connectivity index is 2.87. The lowest BCUT2D eigenvalue weighted by atomic mass is 9.81. The molecule has 2 heteroatoms. The predicted octanol–water partition coefficient (Wildman–Crippen LogP) is 4.25. The van der Waals surface area contributed by atoms with Gasteiger partial charge in [-0.1, -0.05) is 38.5 Å². The maximum Gasteiger partial charge on any atom is 0.251 e. The molecule has 0 saturated heterocycles. The molecule has 0 aliphatic carbocycles. The quantitative estimate of drug-likeness (QED) is 0.866. The molecule has 0 saturated carbocycles. The summed E-state index contributed by atoms with van der Waals surface area (Å²) in [7, 11) is 0. The van der Waals surface area contributed by atoms with Gasteiger partial charge in [-0.05, 0) is 51.2 Å². The highest BCUT2D eigenvalue weighted by Gasteiger charge is 2.27. The summed E-state index contributed by atoms with van der Waals surface area (Å²) in [5.74, 6) is 0.0236. The maximum atomic E-state index is 12.4. The number of carbonyl (C=O) groups is 1. The van der Waals surface area contributed by atoms with Crippen molar-refractivity contribution in [3.8, 4) is 0 Å². The Morgan fingerprint density at radius 2 is 1.68 bits per heavy atom. The van der Waals surface area contributed by atoms with E-state index >= 15 is 0 Å². The molecule has 0 aliphatic heterocycles. The van der Waals surface area contributed by atoms with Crippen molar-refractivity contribution in [2.24, 2.45) is 5.41 Å². The molecule has 1 N–H and O–H groups in total. The second-order valence-corrected chi connectivity index (χ2v) is 7.39. The molecule has 0 spiro atoms. The van der Waals surface area contributed by atoms with Gasteiger partial charge in [0.15, 0.2) is 0 Å². The van der Waals surface area contributed by atoms with Crippen molar-refractivity contribution < 1.29 is 4.79 Å². The van der Waals surface area contributed by atoms with Crippen molar-refractivity contribution in [1.29, 1.82) is 0 Å². The van der Waals surface area contributed by atoms with Crippen LogP contribution in [-0.4, -0.2) is 11.4 Å². The number of aryl methyl sites for hydroxylation is 2. The number of rotatable bonds is 3. The first kappa shape index (κ1) is 15.7. The topological polar surface area (TPSA) is 29.1 Å². The van der Waals surface area contributed by atoms with Crippen LogP contribution >= 0.6 is 0 Å². The summed E-state index contributed by atoms with van der Waals surface area (Å²) in [6.07, 6.45) is 0.941. The molecule has 0 heterocycles. The zero-order valence-electron chi connectivity index (χ0n) is 13.3. The third-order valence-corrected chi connectivity index (χ3v) is 3.06. The summed E-state index contributed by atoms with van der Waals surface area (Å²) in [6.45, 7) is 14.7. The van der Waals surface area contributed by atoms with Gasteiger partial charge in [0.25, 0.3) is 5.91 Å². The van der Waals surface area contributed by atoms with E-state index in [1.165, 1.54) is 0 Å². The Labute approximate surface area is 117 Å². The number of hydrogen-bond acceptors (Lipinski definition) is 1. The number of hydrogen-bond donors (Lipinski definition) is 1. The van der Waals surface area contributed by atoms with Crippen molar-refractivity contribution in [3.05, 3.63) is 34.9 Å². The number of nitrogens with one attached hydrogen (secondary N) is 1. The zero-order chi connectivity index (χ0) is 14.8. The number of benzene rings is 1. The first-order valence-corrected chi connectivity index (χ1v) is 6.90. The highest BCUT2D eigenvalue weighted by atomic mass is 16.1. The largest absolute Gasteiger partial charge is 0.347 e. The molecule has 19 heavy (non-hydrogen) atoms. The third-order valence-electron chi connectivity index (χ3n) is 3.06. The molecule has 1 amide bonds. The lowest BCUT2D eigenvalue weighted by Crippen LogP contribution is -2.46. The molecular formula is C17H27NO. The normalized spacial score (nSPS) is 12.4. The summed E-state index contributed by atoms with van der Waals surface area (Å²) < 4.78 is 0. The van der Waals surface area contributed by atoms with Crippen molar-refractivity contribution in [1.82, 2.24) is 5.32 Å². The molecule has 0 aliphatic rings. The van der Waals surface area contributed by atoms with Gasteiger partial charge in [-0.3, -0.25) is 4.79 Å². The fourth-order valence-electron chi connectivity index (χ4n) is 2.73. The van der Waals surface area contributed by atoms with Crippen LogP contribution in [0.1, 0.15) is 62.5 Å². The summed E-state index contributed by atoms with van der Waals surface area (Å²) in [6, 6.07) is 5.99. The Morgan fingerprint density at radius 3 is 2.21 bits per heavy atom. The van der Waals surface area contributed by atoms with Gasteiger partial charge in [0.1, 0.15) is 0 Å². The lowest BCUT2D eigenvalue weighted by molar-refractivity contribution is 0.0890. The van der Waals surface area contributed by atoms with Gasteiger partial charge in [-0.25, -0.2) is 0 Å². The van der Waals surface area contributed by atoms with Crippen LogP contribution in [0.2, 0.25) is 0 Å². The zero-order valence-corrected chi connectivity index (χ0v) is 13.3. The molecular weight excluding hydrogens is 234 g/mol. The minimum Gasteiger partial charge on any atom is -0.347 e. The molecule has 106 valence electrons. The highest BCUT2D eigenvalue weighted by Crippen LogP contribution is 2.27. The van der Waals surface area contributed by atoms with Crippen molar-refractivity contribution in [3.63, 3.8) is 0 Å². The van der Waals surface area contributed by atoms with E-state index in [0.29, 0.717) is 0 Å². The molecule has 0 radical (unpaired) electrons. The highest BCUT2D eigenvalue weighted by molar-refractivity contribution is 5.96. The lowest BCUT2D eigenvalue weighted by Gasteiger charge is -2.33. The third kappa shape index (κ3) is 5.06. The van der Waals surface area contributed by atoms with Gasteiger partial charge < -0.3 is 5.32 Å². The van der Waals surface area contributed by atoms with Crippen LogP contribution in [0.5, 0.6) is 0 Å². The van der Waals surface area contributed by atoms with Crippen LogP contribution in [0, 0.1) is 19.3 Å². The molecule has 2 nitrogen and oxygen atoms in total. The fraction of sp³-hybridized carbons (Fsp3) is 0.588. The van der Waals surface area contributed by atoms with E-state index in [1.54, 1.807) is 0 Å². The van der Waals surface area contributed by atoms with Crippen molar-refractivity contribution in [2.45, 2.75) is 60.4 Å². The molecule has 1 aromatic carbocycles. The van der Waals surface area contributed by atoms with Crippen LogP contribution in [0.15, 0.2) is 18.2 Å². The Bertz CT molecular complexity index is 467. The SMILES string of the molecule is Cc1ccc(C)c(C(=O)NC(C)(C)CC(C)(C)C)c1. The van der Waals surface area contributed by atoms with Gasteiger partial charge >= 0.3 is 0 Å². The monoisotopic (exact) mass is 261 g/mol. The van der Waals surface area contributed by atoms with Gasteiger partial charge in [-0.2, -0.15) is 0 Å². The molecule has 0 unspecified atom stereocenters. The first-order chi connectivity index (χ1) is 8.50. The van der Waals surface area contributed by atoms with E-state index in [9.17, 15) is 4.79 Å². The fourth-order valence-corrected chi connectivity index (χ4v) is 2.73. The minimum atomic E-state index is -0.203. The van der Waals surface area contributed by atoms with E-state index in [0.717, 1.165) is 23.1 Å². The van der Waals surface area contributed by atoms with Gasteiger partial charge in [-0.15, -0.1) is 0 Å². The average molecular weight is 261 g/mol. The van der Waals surface area contributed by atoms with Crippen LogP contribution in [-0.2, 0) is 0 Å². The molecule has 0 fully saturated rings. The molecule has 0 aromatic heterocycles. The summed E-state index contributed by atoms with van der Waals surface area (Å²) in [4.78, 5) is 12.4. The molecule has 1 rings (SSSR count). The first-order valence-electron chi connectivity index (χ1n) is 6.90. The number of amides is 1. The van der Waals surface area contributed by atoms with Crippen molar-refractivity contribution >= 4 is 5.91 Å². The Hall–Kier alpha value is -1.31. The average Bonchev–Trinajstić information content (AvgIpc) is 2.16. The van der Waals surface area contributed by atoms with E-state index in [2.05, 4.69) is 39.9 Å². The smallest absolute Gasteiger partial charge is 0.251 e.